The minimum atomic E-state index is -0.413. The van der Waals surface area contributed by atoms with Gasteiger partial charge >= 0.3 is 5.97 Å². The summed E-state index contributed by atoms with van der Waals surface area (Å²) in [4.78, 5) is 26.4. The lowest BCUT2D eigenvalue weighted by Crippen LogP contribution is -2.38. The Labute approximate surface area is 154 Å². The highest BCUT2D eigenvalue weighted by Gasteiger charge is 2.24. The predicted octanol–water partition coefficient (Wildman–Crippen LogP) is 2.48. The number of carbonyl (C=O) groups is 2. The van der Waals surface area contributed by atoms with Gasteiger partial charge in [0.2, 0.25) is 6.79 Å². The van der Waals surface area contributed by atoms with Crippen LogP contribution in [0.25, 0.3) is 0 Å². The molecule has 1 aromatic carbocycles. The van der Waals surface area contributed by atoms with E-state index in [1.165, 1.54) is 7.11 Å². The largest absolute Gasteiger partial charge is 0.469 e. The zero-order valence-corrected chi connectivity index (χ0v) is 15.8. The van der Waals surface area contributed by atoms with E-state index in [9.17, 15) is 9.59 Å². The summed E-state index contributed by atoms with van der Waals surface area (Å²) < 4.78 is 20.9. The normalized spacial score (nSPS) is 13.6. The van der Waals surface area contributed by atoms with Gasteiger partial charge in [-0.25, -0.2) is 0 Å². The van der Waals surface area contributed by atoms with Crippen LogP contribution in [0.4, 0.5) is 0 Å². The molecule has 0 bridgehead atoms. The van der Waals surface area contributed by atoms with E-state index in [4.69, 9.17) is 18.9 Å². The minimum absolute atomic E-state index is 0.141. The van der Waals surface area contributed by atoms with Crippen molar-refractivity contribution < 1.29 is 28.5 Å². The van der Waals surface area contributed by atoms with Crippen molar-refractivity contribution in [3.05, 3.63) is 23.8 Å². The summed E-state index contributed by atoms with van der Waals surface area (Å²) in [7, 11) is 1.35. The van der Waals surface area contributed by atoms with Crippen LogP contribution >= 0.6 is 0 Å². The van der Waals surface area contributed by atoms with Crippen LogP contribution in [-0.4, -0.2) is 56.5 Å². The Morgan fingerprint density at radius 2 is 1.92 bits per heavy atom. The number of amides is 1. The molecule has 1 heterocycles. The maximum atomic E-state index is 13.0. The topological polar surface area (TPSA) is 74.3 Å². The second kappa shape index (κ2) is 9.43. The molecular weight excluding hydrogens is 338 g/mol. The number of ether oxygens (including phenoxy) is 4. The van der Waals surface area contributed by atoms with E-state index in [-0.39, 0.29) is 31.3 Å². The number of carbonyl (C=O) groups excluding carboxylic acids is 2. The first-order valence-corrected chi connectivity index (χ1v) is 8.80. The summed E-state index contributed by atoms with van der Waals surface area (Å²) >= 11 is 0. The number of nitrogens with zero attached hydrogens (tertiary/aromatic N) is 1. The standard InChI is InChI=1S/C19H27NO6/c1-13(2)24-9-5-8-20(11-14(3)19(22)23-4)18(21)15-6-7-16-17(10-15)26-12-25-16/h6-7,10,13-14H,5,8-9,11-12H2,1-4H3. The van der Waals surface area contributed by atoms with Crippen LogP contribution in [0.5, 0.6) is 11.5 Å². The number of esters is 1. The van der Waals surface area contributed by atoms with Gasteiger partial charge in [-0.1, -0.05) is 6.92 Å². The maximum absolute atomic E-state index is 13.0. The summed E-state index contributed by atoms with van der Waals surface area (Å²) in [6.45, 7) is 7.15. The van der Waals surface area contributed by atoms with Gasteiger partial charge in [0, 0.05) is 25.3 Å². The Morgan fingerprint density at radius 3 is 2.62 bits per heavy atom. The monoisotopic (exact) mass is 365 g/mol. The Balaban J connectivity index is 2.07. The molecule has 26 heavy (non-hydrogen) atoms. The van der Waals surface area contributed by atoms with Crippen molar-refractivity contribution in [2.24, 2.45) is 5.92 Å². The first-order chi connectivity index (χ1) is 12.4. The first kappa shape index (κ1) is 20.0. The van der Waals surface area contributed by atoms with Gasteiger partial charge in [0.05, 0.1) is 19.1 Å². The summed E-state index contributed by atoms with van der Waals surface area (Å²) in [5.41, 5.74) is 0.496. The Kier molecular flexibility index (Phi) is 7.26. The van der Waals surface area contributed by atoms with Gasteiger partial charge in [-0.2, -0.15) is 0 Å². The predicted molar refractivity (Wildman–Crippen MR) is 95.4 cm³/mol. The lowest BCUT2D eigenvalue weighted by atomic mass is 10.1. The highest BCUT2D eigenvalue weighted by molar-refractivity contribution is 5.95. The molecule has 0 saturated heterocycles. The number of rotatable bonds is 9. The first-order valence-electron chi connectivity index (χ1n) is 8.80. The molecule has 144 valence electrons. The number of hydrogen-bond acceptors (Lipinski definition) is 6. The lowest BCUT2D eigenvalue weighted by Gasteiger charge is -2.25. The molecule has 0 aliphatic carbocycles. The van der Waals surface area contributed by atoms with Crippen LogP contribution in [0.1, 0.15) is 37.6 Å². The van der Waals surface area contributed by atoms with Crippen LogP contribution in [0.15, 0.2) is 18.2 Å². The molecule has 0 spiro atoms. The molecule has 0 radical (unpaired) electrons. The third-order valence-electron chi connectivity index (χ3n) is 4.03. The Hall–Kier alpha value is -2.28. The minimum Gasteiger partial charge on any atom is -0.469 e. The summed E-state index contributed by atoms with van der Waals surface area (Å²) in [5, 5.41) is 0. The van der Waals surface area contributed by atoms with E-state index in [1.807, 2.05) is 13.8 Å². The fourth-order valence-corrected chi connectivity index (χ4v) is 2.67. The zero-order chi connectivity index (χ0) is 19.1. The molecule has 7 nitrogen and oxygen atoms in total. The lowest BCUT2D eigenvalue weighted by molar-refractivity contribution is -0.145. The second-order valence-corrected chi connectivity index (χ2v) is 6.52. The third kappa shape index (κ3) is 5.36. The summed E-state index contributed by atoms with van der Waals surface area (Å²) in [5.74, 6) is 0.265. The molecule has 1 atom stereocenters. The number of benzene rings is 1. The molecule has 1 aliphatic heterocycles. The zero-order valence-electron chi connectivity index (χ0n) is 15.8. The molecule has 7 heteroatoms. The van der Waals surface area contributed by atoms with Gasteiger partial charge in [0.25, 0.3) is 5.91 Å². The van der Waals surface area contributed by atoms with Crippen molar-refractivity contribution in [3.8, 4) is 11.5 Å². The van der Waals surface area contributed by atoms with Crippen molar-refractivity contribution in [1.29, 1.82) is 0 Å². The van der Waals surface area contributed by atoms with E-state index in [0.29, 0.717) is 36.6 Å². The SMILES string of the molecule is COC(=O)C(C)CN(CCCOC(C)C)C(=O)c1ccc2c(c1)OCO2. The third-order valence-corrected chi connectivity index (χ3v) is 4.03. The van der Waals surface area contributed by atoms with E-state index in [2.05, 4.69) is 0 Å². The Bertz CT molecular complexity index is 630. The van der Waals surface area contributed by atoms with Gasteiger partial charge in [-0.05, 0) is 38.5 Å². The summed E-state index contributed by atoms with van der Waals surface area (Å²) in [6, 6.07) is 5.10. The van der Waals surface area contributed by atoms with E-state index in [0.717, 1.165) is 0 Å². The average Bonchev–Trinajstić information content (AvgIpc) is 3.10. The highest BCUT2D eigenvalue weighted by atomic mass is 16.7. The van der Waals surface area contributed by atoms with E-state index in [1.54, 1.807) is 30.0 Å². The quantitative estimate of drug-likeness (QED) is 0.494. The molecule has 2 rings (SSSR count). The number of hydrogen-bond donors (Lipinski definition) is 0. The molecular formula is C19H27NO6. The summed E-state index contributed by atoms with van der Waals surface area (Å²) in [6.07, 6.45) is 0.824. The number of fused-ring (bicyclic) bond motifs is 1. The van der Waals surface area contributed by atoms with Crippen LogP contribution in [-0.2, 0) is 14.3 Å². The van der Waals surface area contributed by atoms with Crippen molar-refractivity contribution >= 4 is 11.9 Å². The fourth-order valence-electron chi connectivity index (χ4n) is 2.67. The molecule has 1 unspecified atom stereocenters. The van der Waals surface area contributed by atoms with Gasteiger partial charge in [-0.3, -0.25) is 9.59 Å². The smallest absolute Gasteiger partial charge is 0.310 e. The molecule has 1 amide bonds. The van der Waals surface area contributed by atoms with Gasteiger partial charge in [0.15, 0.2) is 11.5 Å². The van der Waals surface area contributed by atoms with E-state index < -0.39 is 5.92 Å². The molecule has 1 aromatic rings. The molecule has 0 fully saturated rings. The molecule has 0 N–H and O–H groups in total. The van der Waals surface area contributed by atoms with Crippen LogP contribution in [0.3, 0.4) is 0 Å². The van der Waals surface area contributed by atoms with Crippen LogP contribution < -0.4 is 9.47 Å². The molecule has 0 aromatic heterocycles. The number of methoxy groups -OCH3 is 1. The van der Waals surface area contributed by atoms with Crippen molar-refractivity contribution in [1.82, 2.24) is 4.90 Å². The maximum Gasteiger partial charge on any atom is 0.310 e. The molecule has 0 saturated carbocycles. The van der Waals surface area contributed by atoms with Crippen LogP contribution in [0, 0.1) is 5.92 Å². The highest BCUT2D eigenvalue weighted by Crippen LogP contribution is 2.32. The van der Waals surface area contributed by atoms with Crippen LogP contribution in [0.2, 0.25) is 0 Å². The van der Waals surface area contributed by atoms with Crippen molar-refractivity contribution in [3.63, 3.8) is 0 Å². The van der Waals surface area contributed by atoms with Gasteiger partial charge in [-0.15, -0.1) is 0 Å². The van der Waals surface area contributed by atoms with E-state index >= 15 is 0 Å². The molecule has 1 aliphatic rings. The van der Waals surface area contributed by atoms with Crippen molar-refractivity contribution in [2.75, 3.05) is 33.6 Å². The fraction of sp³-hybridized carbons (Fsp3) is 0.579. The van der Waals surface area contributed by atoms with Gasteiger partial charge < -0.3 is 23.8 Å². The Morgan fingerprint density at radius 1 is 1.19 bits per heavy atom. The van der Waals surface area contributed by atoms with Gasteiger partial charge in [0.1, 0.15) is 0 Å². The average molecular weight is 365 g/mol. The second-order valence-electron chi connectivity index (χ2n) is 6.52. The van der Waals surface area contributed by atoms with Crippen molar-refractivity contribution in [2.45, 2.75) is 33.3 Å².